The third kappa shape index (κ3) is 3.33. The van der Waals surface area contributed by atoms with Crippen LogP contribution in [-0.4, -0.2) is 18.7 Å². The molecule has 1 aromatic carbocycles. The highest BCUT2D eigenvalue weighted by Gasteiger charge is 2.50. The van der Waals surface area contributed by atoms with E-state index in [-0.39, 0.29) is 10.5 Å². The van der Waals surface area contributed by atoms with Crippen LogP contribution in [-0.2, 0) is 16.5 Å². The van der Waals surface area contributed by atoms with Crippen LogP contribution in [0.25, 0.3) is 0 Å². The first-order valence-electron chi connectivity index (χ1n) is 7.15. The molecule has 0 atom stereocenters. The largest absolute Gasteiger partial charge is 0.534 e. The highest BCUT2D eigenvalue weighted by atomic mass is 127. The average Bonchev–Trinajstić information content (AvgIpc) is 2.81. The van der Waals surface area contributed by atoms with Gasteiger partial charge in [0.15, 0.2) is 5.75 Å². The number of hydrogen-bond donors (Lipinski definition) is 0. The molecule has 9 heteroatoms. The van der Waals surface area contributed by atoms with Gasteiger partial charge in [-0.05, 0) is 59.5 Å². The molecule has 1 aliphatic heterocycles. The lowest BCUT2D eigenvalue weighted by atomic mass is 9.84. The van der Waals surface area contributed by atoms with Gasteiger partial charge in [0.2, 0.25) is 0 Å². The van der Waals surface area contributed by atoms with Gasteiger partial charge in [0.25, 0.3) is 0 Å². The maximum absolute atomic E-state index is 12.6. The summed E-state index contributed by atoms with van der Waals surface area (Å²) in [4.78, 5) is 0.548. The van der Waals surface area contributed by atoms with Gasteiger partial charge in [0.1, 0.15) is 0 Å². The van der Waals surface area contributed by atoms with Crippen molar-refractivity contribution >= 4 is 44.5 Å². The number of benzene rings is 1. The summed E-state index contributed by atoms with van der Waals surface area (Å²) < 4.78 is 65.7. The van der Waals surface area contributed by atoms with Gasteiger partial charge in [0, 0.05) is 8.32 Å². The van der Waals surface area contributed by atoms with E-state index in [0.717, 1.165) is 41.2 Å². The van der Waals surface area contributed by atoms with Crippen molar-refractivity contribution in [3.63, 3.8) is 0 Å². The molecule has 3 rings (SSSR count). The van der Waals surface area contributed by atoms with Gasteiger partial charge >= 0.3 is 15.6 Å². The Morgan fingerprint density at radius 2 is 1.83 bits per heavy atom. The van der Waals surface area contributed by atoms with Crippen molar-refractivity contribution in [1.29, 1.82) is 0 Å². The van der Waals surface area contributed by atoms with Crippen molar-refractivity contribution < 1.29 is 25.8 Å². The molecule has 0 unspecified atom stereocenters. The SMILES string of the molecule is O=S(=O)(Oc1ccc(I)c2c1SC1(CCCCC1)C2)C(F)(F)F. The van der Waals surface area contributed by atoms with E-state index < -0.39 is 15.6 Å². The van der Waals surface area contributed by atoms with Gasteiger partial charge in [-0.2, -0.15) is 21.6 Å². The fraction of sp³-hybridized carbons (Fsp3) is 0.571. The second-order valence-electron chi connectivity index (χ2n) is 5.86. The monoisotopic (exact) mass is 478 g/mol. The first-order chi connectivity index (χ1) is 10.6. The molecule has 1 fully saturated rings. The van der Waals surface area contributed by atoms with Crippen LogP contribution in [0.15, 0.2) is 17.0 Å². The van der Waals surface area contributed by atoms with E-state index >= 15 is 0 Å². The molecule has 3 nitrogen and oxygen atoms in total. The van der Waals surface area contributed by atoms with Gasteiger partial charge < -0.3 is 4.18 Å². The zero-order valence-electron chi connectivity index (χ0n) is 12.0. The summed E-state index contributed by atoms with van der Waals surface area (Å²) in [6, 6.07) is 2.93. The predicted molar refractivity (Wildman–Crippen MR) is 90.1 cm³/mol. The van der Waals surface area contributed by atoms with Crippen LogP contribution >= 0.6 is 34.4 Å². The Hall–Kier alpha value is -0.160. The summed E-state index contributed by atoms with van der Waals surface area (Å²) >= 11 is 3.62. The Bertz CT molecular complexity index is 726. The van der Waals surface area contributed by atoms with Gasteiger partial charge in [-0.15, -0.1) is 11.8 Å². The average molecular weight is 478 g/mol. The fourth-order valence-corrected chi connectivity index (χ4v) is 6.14. The quantitative estimate of drug-likeness (QED) is 0.346. The lowest BCUT2D eigenvalue weighted by molar-refractivity contribution is -0.0500. The molecule has 128 valence electrons. The van der Waals surface area contributed by atoms with Crippen LogP contribution in [0.2, 0.25) is 0 Å². The van der Waals surface area contributed by atoms with E-state index in [4.69, 9.17) is 0 Å². The van der Waals surface area contributed by atoms with E-state index in [1.54, 1.807) is 6.07 Å². The molecule has 0 aromatic heterocycles. The van der Waals surface area contributed by atoms with Crippen LogP contribution < -0.4 is 4.18 Å². The van der Waals surface area contributed by atoms with Crippen molar-refractivity contribution in [3.05, 3.63) is 21.3 Å². The summed E-state index contributed by atoms with van der Waals surface area (Å²) in [6.45, 7) is 0. The second kappa shape index (κ2) is 5.98. The molecule has 1 aromatic rings. The molecule has 2 aliphatic rings. The lowest BCUT2D eigenvalue weighted by Gasteiger charge is -2.32. The van der Waals surface area contributed by atoms with E-state index in [0.29, 0.717) is 4.90 Å². The number of halogens is 4. The molecule has 0 amide bonds. The fourth-order valence-electron chi connectivity index (χ4n) is 3.14. The summed E-state index contributed by atoms with van der Waals surface area (Å²) in [5.41, 5.74) is -4.51. The van der Waals surface area contributed by atoms with Gasteiger partial charge in [-0.25, -0.2) is 0 Å². The summed E-state index contributed by atoms with van der Waals surface area (Å²) in [5, 5.41) is 0. The zero-order valence-corrected chi connectivity index (χ0v) is 15.7. The standard InChI is InChI=1S/C14H14F3IO3S2/c15-14(16,17)23(19,20)21-11-5-4-10(18)9-8-13(22-12(9)11)6-2-1-3-7-13/h4-5H,1-3,6-8H2. The third-order valence-electron chi connectivity index (χ3n) is 4.23. The number of hydrogen-bond acceptors (Lipinski definition) is 4. The molecule has 23 heavy (non-hydrogen) atoms. The second-order valence-corrected chi connectivity index (χ2v) is 10.0. The topological polar surface area (TPSA) is 43.4 Å². The highest BCUT2D eigenvalue weighted by molar-refractivity contribution is 14.1. The van der Waals surface area contributed by atoms with Crippen LogP contribution in [0.1, 0.15) is 37.7 Å². The van der Waals surface area contributed by atoms with Crippen molar-refractivity contribution in [1.82, 2.24) is 0 Å². The predicted octanol–water partition coefficient (Wildman–Crippen LogP) is 4.87. The van der Waals surface area contributed by atoms with Gasteiger partial charge in [-0.3, -0.25) is 0 Å². The Morgan fingerprint density at radius 1 is 1.17 bits per heavy atom. The van der Waals surface area contributed by atoms with E-state index in [9.17, 15) is 21.6 Å². The summed E-state index contributed by atoms with van der Waals surface area (Å²) in [7, 11) is -5.64. The van der Waals surface area contributed by atoms with E-state index in [2.05, 4.69) is 26.8 Å². The van der Waals surface area contributed by atoms with Crippen molar-refractivity contribution in [2.45, 2.75) is 53.7 Å². The maximum atomic E-state index is 12.6. The molecule has 1 saturated carbocycles. The molecule has 1 heterocycles. The first-order valence-corrected chi connectivity index (χ1v) is 10.5. The number of thioether (sulfide) groups is 1. The van der Waals surface area contributed by atoms with E-state index in [1.807, 2.05) is 0 Å². The minimum absolute atomic E-state index is 0.0258. The number of rotatable bonds is 2. The summed E-state index contributed by atoms with van der Waals surface area (Å²) in [6.07, 6.45) is 6.10. The Balaban J connectivity index is 1.96. The van der Waals surface area contributed by atoms with Crippen molar-refractivity contribution in [2.75, 3.05) is 0 Å². The van der Waals surface area contributed by atoms with Gasteiger partial charge in [0.05, 0.1) is 4.90 Å². The molecule has 1 spiro atoms. The minimum atomic E-state index is -5.64. The molecule has 0 radical (unpaired) electrons. The molecule has 0 bridgehead atoms. The molecule has 1 aliphatic carbocycles. The number of fused-ring (bicyclic) bond motifs is 1. The maximum Gasteiger partial charge on any atom is 0.534 e. The van der Waals surface area contributed by atoms with Crippen LogP contribution in [0.4, 0.5) is 13.2 Å². The van der Waals surface area contributed by atoms with Crippen LogP contribution in [0, 0.1) is 3.57 Å². The lowest BCUT2D eigenvalue weighted by Crippen LogP contribution is -2.28. The van der Waals surface area contributed by atoms with Crippen molar-refractivity contribution in [2.24, 2.45) is 0 Å². The summed E-state index contributed by atoms with van der Waals surface area (Å²) in [5.74, 6) is -0.204. The Labute approximate surface area is 150 Å². The Kier molecular flexibility index (Phi) is 4.59. The smallest absolute Gasteiger partial charge is 0.375 e. The highest BCUT2D eigenvalue weighted by Crippen LogP contribution is 2.56. The molecule has 0 N–H and O–H groups in total. The minimum Gasteiger partial charge on any atom is -0.375 e. The van der Waals surface area contributed by atoms with Crippen molar-refractivity contribution in [3.8, 4) is 5.75 Å². The first kappa shape index (κ1) is 17.7. The Morgan fingerprint density at radius 3 is 2.43 bits per heavy atom. The zero-order chi connectivity index (χ0) is 16.9. The van der Waals surface area contributed by atoms with Gasteiger partial charge in [-0.1, -0.05) is 19.3 Å². The molecular formula is C14H14F3IO3S2. The number of alkyl halides is 3. The molecular weight excluding hydrogens is 464 g/mol. The molecule has 0 saturated heterocycles. The third-order valence-corrected chi connectivity index (χ3v) is 7.85. The normalized spacial score (nSPS) is 20.5. The van der Waals surface area contributed by atoms with Crippen LogP contribution in [0.3, 0.4) is 0 Å². The van der Waals surface area contributed by atoms with Crippen LogP contribution in [0.5, 0.6) is 5.75 Å². The van der Waals surface area contributed by atoms with E-state index in [1.165, 1.54) is 24.2 Å².